The molecule has 2 saturated heterocycles. The van der Waals surface area contributed by atoms with Crippen LogP contribution >= 0.6 is 35.6 Å². The minimum atomic E-state index is 0. The van der Waals surface area contributed by atoms with Crippen molar-refractivity contribution in [2.24, 2.45) is 4.99 Å². The smallest absolute Gasteiger partial charge is 0.191 e. The fourth-order valence-electron chi connectivity index (χ4n) is 4.10. The van der Waals surface area contributed by atoms with Crippen molar-refractivity contribution < 1.29 is 0 Å². The fraction of sp³-hybridized carbons (Fsp3) is 0.478. The second-order valence-electron chi connectivity index (χ2n) is 8.30. The number of halogens is 2. The van der Waals surface area contributed by atoms with Crippen LogP contribution in [0.5, 0.6) is 0 Å². The van der Waals surface area contributed by atoms with Crippen LogP contribution in [-0.4, -0.2) is 75.2 Å². The van der Waals surface area contributed by atoms with Gasteiger partial charge in [-0.1, -0.05) is 23.7 Å². The molecule has 0 spiro atoms. The lowest BCUT2D eigenvalue weighted by Crippen LogP contribution is -2.45. The van der Waals surface area contributed by atoms with Crippen LogP contribution in [0.4, 0.5) is 11.5 Å². The highest BCUT2D eigenvalue weighted by atomic mass is 127. The van der Waals surface area contributed by atoms with E-state index in [1.807, 2.05) is 31.4 Å². The molecule has 0 radical (unpaired) electrons. The average Bonchev–Trinajstić information content (AvgIpc) is 3.26. The number of aromatic nitrogens is 1. The largest absolute Gasteiger partial charge is 0.369 e. The van der Waals surface area contributed by atoms with E-state index in [1.54, 1.807) is 0 Å². The van der Waals surface area contributed by atoms with E-state index >= 15 is 0 Å². The maximum atomic E-state index is 6.14. The van der Waals surface area contributed by atoms with Gasteiger partial charge < -0.3 is 25.3 Å². The molecule has 2 aliphatic heterocycles. The lowest BCUT2D eigenvalue weighted by Gasteiger charge is -2.33. The number of guanidine groups is 1. The first-order valence-electron chi connectivity index (χ1n) is 11.0. The quantitative estimate of drug-likeness (QED) is 0.328. The van der Waals surface area contributed by atoms with E-state index < -0.39 is 0 Å². The summed E-state index contributed by atoms with van der Waals surface area (Å²) in [6.07, 6.45) is 3.03. The molecular weight excluding hydrogens is 537 g/mol. The highest BCUT2D eigenvalue weighted by Crippen LogP contribution is 2.23. The lowest BCUT2D eigenvalue weighted by molar-refractivity contribution is 0.312. The summed E-state index contributed by atoms with van der Waals surface area (Å²) >= 11 is 6.14. The van der Waals surface area contributed by atoms with Crippen molar-refractivity contribution >= 4 is 53.0 Å². The van der Waals surface area contributed by atoms with Crippen molar-refractivity contribution in [3.63, 3.8) is 0 Å². The molecule has 7 nitrogen and oxygen atoms in total. The molecule has 9 heteroatoms. The normalized spacial score (nSPS) is 19.6. The predicted octanol–water partition coefficient (Wildman–Crippen LogP) is 3.05. The van der Waals surface area contributed by atoms with E-state index in [1.165, 1.54) is 5.69 Å². The maximum Gasteiger partial charge on any atom is 0.191 e. The minimum Gasteiger partial charge on any atom is -0.369 e. The Morgan fingerprint density at radius 3 is 2.62 bits per heavy atom. The van der Waals surface area contributed by atoms with Crippen LogP contribution < -0.4 is 20.4 Å². The molecule has 0 aliphatic carbocycles. The number of anilines is 2. The van der Waals surface area contributed by atoms with E-state index in [9.17, 15) is 0 Å². The van der Waals surface area contributed by atoms with Crippen molar-refractivity contribution in [1.29, 1.82) is 0 Å². The fourth-order valence-corrected chi connectivity index (χ4v) is 4.29. The van der Waals surface area contributed by atoms with Crippen LogP contribution in [0.15, 0.2) is 47.6 Å². The van der Waals surface area contributed by atoms with Crippen LogP contribution in [0.2, 0.25) is 5.02 Å². The third-order valence-electron chi connectivity index (χ3n) is 6.02. The standard InChI is InChI=1S/C23H32ClN7.HI/c1-25-23(28-20-8-9-31(17-20)21-5-3-4-19(24)14-21)27-16-18-6-7-22(26-15-18)30-12-10-29(2)11-13-30;/h3-7,14-15,20H,8-13,16-17H2,1-2H3,(H2,25,27,28);1H. The minimum absolute atomic E-state index is 0. The van der Waals surface area contributed by atoms with Crippen LogP contribution in [-0.2, 0) is 6.54 Å². The molecule has 4 rings (SSSR count). The van der Waals surface area contributed by atoms with Crippen LogP contribution in [0.3, 0.4) is 0 Å². The van der Waals surface area contributed by atoms with Gasteiger partial charge in [0.2, 0.25) is 0 Å². The molecule has 174 valence electrons. The zero-order valence-corrected chi connectivity index (χ0v) is 21.9. The van der Waals surface area contributed by atoms with Gasteiger partial charge in [-0.3, -0.25) is 4.99 Å². The van der Waals surface area contributed by atoms with Gasteiger partial charge in [0.1, 0.15) is 5.82 Å². The predicted molar refractivity (Wildman–Crippen MR) is 145 cm³/mol. The van der Waals surface area contributed by atoms with Gasteiger partial charge in [-0.15, -0.1) is 24.0 Å². The van der Waals surface area contributed by atoms with Crippen molar-refractivity contribution in [1.82, 2.24) is 20.5 Å². The number of likely N-dealkylation sites (N-methyl/N-ethyl adjacent to an activating group) is 1. The summed E-state index contributed by atoms with van der Waals surface area (Å²) in [4.78, 5) is 16.1. The van der Waals surface area contributed by atoms with E-state index in [0.29, 0.717) is 12.6 Å². The molecule has 2 fully saturated rings. The highest BCUT2D eigenvalue weighted by Gasteiger charge is 2.23. The van der Waals surface area contributed by atoms with Crippen LogP contribution in [0.1, 0.15) is 12.0 Å². The summed E-state index contributed by atoms with van der Waals surface area (Å²) in [5.74, 6) is 1.88. The molecule has 2 aliphatic rings. The van der Waals surface area contributed by atoms with Gasteiger partial charge in [0.05, 0.1) is 0 Å². The molecule has 0 saturated carbocycles. The lowest BCUT2D eigenvalue weighted by atomic mass is 10.2. The van der Waals surface area contributed by atoms with Gasteiger partial charge in [0, 0.05) is 75.8 Å². The Balaban J connectivity index is 0.00000289. The molecule has 1 aromatic carbocycles. The molecule has 0 bridgehead atoms. The number of hydrogen-bond acceptors (Lipinski definition) is 5. The summed E-state index contributed by atoms with van der Waals surface area (Å²) in [7, 11) is 3.98. The molecular formula is C23H33ClIN7. The average molecular weight is 570 g/mol. The first-order valence-corrected chi connectivity index (χ1v) is 11.3. The van der Waals surface area contributed by atoms with E-state index in [2.05, 4.69) is 60.6 Å². The third kappa shape index (κ3) is 6.62. The van der Waals surface area contributed by atoms with Gasteiger partial charge in [0.25, 0.3) is 0 Å². The van der Waals surface area contributed by atoms with Crippen LogP contribution in [0, 0.1) is 0 Å². The number of benzene rings is 1. The van der Waals surface area contributed by atoms with Crippen LogP contribution in [0.25, 0.3) is 0 Å². The highest BCUT2D eigenvalue weighted by molar-refractivity contribution is 14.0. The molecule has 0 amide bonds. The molecule has 2 N–H and O–H groups in total. The Kier molecular flexibility index (Phi) is 9.24. The summed E-state index contributed by atoms with van der Waals surface area (Å²) in [6.45, 7) is 6.87. The van der Waals surface area contributed by atoms with Gasteiger partial charge in [0.15, 0.2) is 5.96 Å². The van der Waals surface area contributed by atoms with E-state index in [4.69, 9.17) is 11.6 Å². The summed E-state index contributed by atoms with van der Waals surface area (Å²) in [5, 5.41) is 7.75. The summed E-state index contributed by atoms with van der Waals surface area (Å²) in [5.41, 5.74) is 2.32. The Morgan fingerprint density at radius 2 is 1.94 bits per heavy atom. The monoisotopic (exact) mass is 569 g/mol. The molecule has 1 unspecified atom stereocenters. The Morgan fingerprint density at radius 1 is 1.12 bits per heavy atom. The van der Waals surface area contributed by atoms with E-state index in [-0.39, 0.29) is 24.0 Å². The summed E-state index contributed by atoms with van der Waals surface area (Å²) in [6, 6.07) is 12.7. The van der Waals surface area contributed by atoms with Gasteiger partial charge >= 0.3 is 0 Å². The number of rotatable bonds is 5. The number of piperazine rings is 1. The first kappa shape index (κ1) is 24.9. The number of aliphatic imine (C=N–C) groups is 1. The second kappa shape index (κ2) is 11.9. The molecule has 32 heavy (non-hydrogen) atoms. The first-order chi connectivity index (χ1) is 15.1. The molecule has 1 atom stereocenters. The number of nitrogens with one attached hydrogen (secondary N) is 2. The van der Waals surface area contributed by atoms with Gasteiger partial charge in [-0.25, -0.2) is 4.98 Å². The van der Waals surface area contributed by atoms with Gasteiger partial charge in [-0.2, -0.15) is 0 Å². The Bertz CT molecular complexity index is 884. The maximum absolute atomic E-state index is 6.14. The Hall–Kier alpha value is -1.78. The third-order valence-corrected chi connectivity index (χ3v) is 6.26. The topological polar surface area (TPSA) is 59.0 Å². The van der Waals surface area contributed by atoms with Crippen molar-refractivity contribution in [2.75, 3.05) is 63.2 Å². The summed E-state index contributed by atoms with van der Waals surface area (Å²) < 4.78 is 0. The number of hydrogen-bond donors (Lipinski definition) is 2. The van der Waals surface area contributed by atoms with Crippen molar-refractivity contribution in [2.45, 2.75) is 19.0 Å². The zero-order chi connectivity index (χ0) is 21.6. The Labute approximate surface area is 213 Å². The number of pyridine rings is 1. The van der Waals surface area contributed by atoms with Crippen molar-refractivity contribution in [3.05, 3.63) is 53.2 Å². The van der Waals surface area contributed by atoms with Gasteiger partial charge in [-0.05, 0) is 43.3 Å². The molecule has 1 aromatic heterocycles. The molecule has 2 aromatic rings. The number of nitrogens with zero attached hydrogens (tertiary/aromatic N) is 5. The molecule has 3 heterocycles. The van der Waals surface area contributed by atoms with Crippen molar-refractivity contribution in [3.8, 4) is 0 Å². The zero-order valence-electron chi connectivity index (χ0n) is 18.8. The second-order valence-corrected chi connectivity index (χ2v) is 8.73. The SMILES string of the molecule is CN=C(NCc1ccc(N2CCN(C)CC2)nc1)NC1CCN(c2cccc(Cl)c2)C1.I. The van der Waals surface area contributed by atoms with E-state index in [0.717, 1.165) is 68.1 Å².